The highest BCUT2D eigenvalue weighted by Crippen LogP contribution is 2.35. The van der Waals surface area contributed by atoms with E-state index in [0.717, 1.165) is 0 Å². The summed E-state index contributed by atoms with van der Waals surface area (Å²) in [6.45, 7) is 9.33. The highest BCUT2D eigenvalue weighted by Gasteiger charge is 2.18. The van der Waals surface area contributed by atoms with Crippen LogP contribution in [-0.2, 0) is 0 Å². The first-order chi connectivity index (χ1) is 17.6. The highest BCUT2D eigenvalue weighted by molar-refractivity contribution is 5.64. The molecule has 0 radical (unpaired) electrons. The van der Waals surface area contributed by atoms with Gasteiger partial charge in [-0.05, 0) is 58.1 Å². The first-order valence-electron chi connectivity index (χ1n) is 13.9. The molecule has 0 saturated carbocycles. The first kappa shape index (κ1) is 26.0. The Labute approximate surface area is 219 Å². The average molecular weight is 475 g/mol. The number of benzene rings is 4. The van der Waals surface area contributed by atoms with Crippen LogP contribution in [0, 0.1) is 11.8 Å². The smallest absolute Gasteiger partial charge is 0.00918 e. The van der Waals surface area contributed by atoms with Crippen LogP contribution in [0.2, 0.25) is 0 Å². The Morgan fingerprint density at radius 1 is 0.417 bits per heavy atom. The van der Waals surface area contributed by atoms with Crippen LogP contribution in [0.15, 0.2) is 109 Å². The Hall–Kier alpha value is -3.12. The molecule has 0 heterocycles. The van der Waals surface area contributed by atoms with Crippen molar-refractivity contribution in [2.75, 3.05) is 0 Å². The Morgan fingerprint density at radius 3 is 1.03 bits per heavy atom. The summed E-state index contributed by atoms with van der Waals surface area (Å²) in [4.78, 5) is 0. The van der Waals surface area contributed by atoms with Gasteiger partial charge in [-0.2, -0.15) is 0 Å². The van der Waals surface area contributed by atoms with E-state index in [1.54, 1.807) is 0 Å². The lowest BCUT2D eigenvalue weighted by molar-refractivity contribution is 0.484. The van der Waals surface area contributed by atoms with Gasteiger partial charge in [-0.25, -0.2) is 0 Å². The van der Waals surface area contributed by atoms with Gasteiger partial charge in [-0.3, -0.25) is 0 Å². The molecule has 0 saturated heterocycles. The zero-order chi connectivity index (χ0) is 25.3. The third kappa shape index (κ3) is 6.55. The molecule has 4 atom stereocenters. The fourth-order valence-electron chi connectivity index (χ4n) is 5.25. The summed E-state index contributed by atoms with van der Waals surface area (Å²) < 4.78 is 0. The third-order valence-electron chi connectivity index (χ3n) is 8.03. The summed E-state index contributed by atoms with van der Waals surface area (Å²) in [5, 5.41) is 0. The van der Waals surface area contributed by atoms with Gasteiger partial charge in [0.1, 0.15) is 0 Å². The number of hydrogen-bond donors (Lipinski definition) is 0. The molecule has 0 bridgehead atoms. The van der Waals surface area contributed by atoms with Crippen LogP contribution in [0.3, 0.4) is 0 Å². The molecule has 0 fully saturated rings. The van der Waals surface area contributed by atoms with Gasteiger partial charge in [0.05, 0.1) is 0 Å². The molecule has 36 heavy (non-hydrogen) atoms. The van der Waals surface area contributed by atoms with Crippen LogP contribution in [0.1, 0.15) is 87.5 Å². The van der Waals surface area contributed by atoms with Crippen LogP contribution in [0.5, 0.6) is 0 Å². The van der Waals surface area contributed by atoms with Crippen molar-refractivity contribution in [3.05, 3.63) is 131 Å². The van der Waals surface area contributed by atoms with Crippen molar-refractivity contribution in [1.29, 1.82) is 0 Å². The predicted molar refractivity (Wildman–Crippen MR) is 157 cm³/mol. The lowest BCUT2D eigenvalue weighted by Gasteiger charge is -2.22. The topological polar surface area (TPSA) is 0 Å². The van der Waals surface area contributed by atoms with E-state index < -0.39 is 0 Å². The molecule has 0 aliphatic carbocycles. The SMILES string of the molecule is CCC(C)CC(c1ccccc1)c1ccc(-c2ccc(C(CC(C)CC)c3ccccc3)cc2)cc1. The van der Waals surface area contributed by atoms with Crippen LogP contribution in [-0.4, -0.2) is 0 Å². The van der Waals surface area contributed by atoms with Gasteiger partial charge in [0.15, 0.2) is 0 Å². The van der Waals surface area contributed by atoms with Gasteiger partial charge in [0.25, 0.3) is 0 Å². The summed E-state index contributed by atoms with van der Waals surface area (Å²) in [5.74, 6) is 2.31. The quantitative estimate of drug-likeness (QED) is 0.203. The standard InChI is InChI=1S/C36H42/c1-5-27(3)25-35(31-13-9-7-10-14-31)33-21-17-29(18-22-33)30-19-23-34(24-20-30)36(26-28(4)6-2)32-15-11-8-12-16-32/h7-24,27-28,35-36H,5-6,25-26H2,1-4H3. The zero-order valence-electron chi connectivity index (χ0n) is 22.5. The summed E-state index contributed by atoms with van der Waals surface area (Å²) >= 11 is 0. The van der Waals surface area contributed by atoms with E-state index in [9.17, 15) is 0 Å². The van der Waals surface area contributed by atoms with Crippen molar-refractivity contribution >= 4 is 0 Å². The molecule has 0 aromatic heterocycles. The van der Waals surface area contributed by atoms with E-state index in [0.29, 0.717) is 23.7 Å². The van der Waals surface area contributed by atoms with Crippen LogP contribution in [0.25, 0.3) is 11.1 Å². The minimum Gasteiger partial charge on any atom is -0.0651 e. The molecule has 0 spiro atoms. The average Bonchev–Trinajstić information content (AvgIpc) is 2.95. The van der Waals surface area contributed by atoms with Gasteiger partial charge in [0.2, 0.25) is 0 Å². The highest BCUT2D eigenvalue weighted by atomic mass is 14.2. The van der Waals surface area contributed by atoms with E-state index in [1.807, 2.05) is 0 Å². The van der Waals surface area contributed by atoms with E-state index >= 15 is 0 Å². The summed E-state index contributed by atoms with van der Waals surface area (Å²) in [5.41, 5.74) is 8.25. The Balaban J connectivity index is 1.57. The van der Waals surface area contributed by atoms with E-state index in [1.165, 1.54) is 59.1 Å². The molecule has 0 amide bonds. The largest absolute Gasteiger partial charge is 0.0651 e. The first-order valence-corrected chi connectivity index (χ1v) is 13.9. The van der Waals surface area contributed by atoms with Crippen LogP contribution >= 0.6 is 0 Å². The van der Waals surface area contributed by atoms with Gasteiger partial charge < -0.3 is 0 Å². The van der Waals surface area contributed by atoms with Crippen molar-refractivity contribution in [3.63, 3.8) is 0 Å². The Kier molecular flexibility index (Phi) is 9.17. The Bertz CT molecular complexity index is 1060. The molecule has 186 valence electrons. The summed E-state index contributed by atoms with van der Waals surface area (Å²) in [6, 6.07) is 40.6. The van der Waals surface area contributed by atoms with Gasteiger partial charge in [-0.1, -0.05) is 150 Å². The fourth-order valence-corrected chi connectivity index (χ4v) is 5.25. The van der Waals surface area contributed by atoms with Crippen LogP contribution in [0.4, 0.5) is 0 Å². The molecular weight excluding hydrogens is 432 g/mol. The normalized spacial score (nSPS) is 14.7. The van der Waals surface area contributed by atoms with Gasteiger partial charge in [-0.15, -0.1) is 0 Å². The van der Waals surface area contributed by atoms with Crippen molar-refractivity contribution in [2.45, 2.75) is 65.2 Å². The number of rotatable bonds is 11. The summed E-state index contributed by atoms with van der Waals surface area (Å²) in [7, 11) is 0. The maximum atomic E-state index is 2.37. The fraction of sp³-hybridized carbons (Fsp3) is 0.333. The Morgan fingerprint density at radius 2 is 0.722 bits per heavy atom. The molecule has 4 rings (SSSR count). The second kappa shape index (κ2) is 12.7. The van der Waals surface area contributed by atoms with Crippen LogP contribution < -0.4 is 0 Å². The van der Waals surface area contributed by atoms with E-state index in [2.05, 4.69) is 137 Å². The molecule has 0 heteroatoms. The third-order valence-corrected chi connectivity index (χ3v) is 8.03. The van der Waals surface area contributed by atoms with Gasteiger partial charge in [0, 0.05) is 11.8 Å². The van der Waals surface area contributed by atoms with Crippen molar-refractivity contribution in [3.8, 4) is 11.1 Å². The molecule has 0 aliphatic heterocycles. The maximum Gasteiger partial charge on any atom is 0.00918 e. The lowest BCUT2D eigenvalue weighted by atomic mass is 9.82. The minimum atomic E-state index is 0.449. The summed E-state index contributed by atoms with van der Waals surface area (Å²) in [6.07, 6.45) is 4.81. The minimum absolute atomic E-state index is 0.449. The second-order valence-electron chi connectivity index (χ2n) is 10.7. The lowest BCUT2D eigenvalue weighted by Crippen LogP contribution is -2.07. The maximum absolute atomic E-state index is 2.37. The number of hydrogen-bond acceptors (Lipinski definition) is 0. The zero-order valence-corrected chi connectivity index (χ0v) is 22.5. The monoisotopic (exact) mass is 474 g/mol. The molecular formula is C36H42. The van der Waals surface area contributed by atoms with E-state index in [4.69, 9.17) is 0 Å². The van der Waals surface area contributed by atoms with E-state index in [-0.39, 0.29) is 0 Å². The van der Waals surface area contributed by atoms with Crippen molar-refractivity contribution in [1.82, 2.24) is 0 Å². The molecule has 0 aliphatic rings. The van der Waals surface area contributed by atoms with Crippen molar-refractivity contribution < 1.29 is 0 Å². The molecule has 0 nitrogen and oxygen atoms in total. The van der Waals surface area contributed by atoms with Crippen molar-refractivity contribution in [2.24, 2.45) is 11.8 Å². The van der Waals surface area contributed by atoms with Gasteiger partial charge >= 0.3 is 0 Å². The predicted octanol–water partition coefficient (Wildman–Crippen LogP) is 10.5. The molecule has 4 aromatic carbocycles. The molecule has 4 unspecified atom stereocenters. The molecule has 4 aromatic rings. The molecule has 0 N–H and O–H groups in total. The second-order valence-corrected chi connectivity index (χ2v) is 10.7.